The van der Waals surface area contributed by atoms with Crippen molar-refractivity contribution >= 4 is 29.0 Å². The van der Waals surface area contributed by atoms with Crippen LogP contribution in [0.1, 0.15) is 36.2 Å². The summed E-state index contributed by atoms with van der Waals surface area (Å²) in [6.45, 7) is 4.05. The number of aryl methyl sites for hydroxylation is 2. The van der Waals surface area contributed by atoms with E-state index in [1.165, 1.54) is 18.2 Å². The number of benzene rings is 2. The second-order valence-electron chi connectivity index (χ2n) is 7.71. The average molecular weight is 477 g/mol. The van der Waals surface area contributed by atoms with Crippen LogP contribution in [0.15, 0.2) is 66.2 Å². The van der Waals surface area contributed by atoms with Gasteiger partial charge in [0.05, 0.1) is 22.6 Å². The number of amides is 1. The van der Waals surface area contributed by atoms with Gasteiger partial charge in [-0.15, -0.1) is 11.3 Å². The fourth-order valence-corrected chi connectivity index (χ4v) is 4.27. The lowest BCUT2D eigenvalue weighted by Gasteiger charge is -2.13. The second kappa shape index (κ2) is 10.4. The number of carbonyl (C=O) groups excluding carboxylic acids is 1. The van der Waals surface area contributed by atoms with Crippen molar-refractivity contribution in [2.24, 2.45) is 7.05 Å². The third-order valence-electron chi connectivity index (χ3n) is 5.22. The van der Waals surface area contributed by atoms with E-state index in [1.54, 1.807) is 59.6 Å². The number of rotatable bonds is 8. The van der Waals surface area contributed by atoms with E-state index in [2.05, 4.69) is 22.3 Å². The summed E-state index contributed by atoms with van der Waals surface area (Å²) in [7, 11) is 1.80. The highest BCUT2D eigenvalue weighted by Gasteiger charge is 2.12. The molecule has 8 heteroatoms. The third kappa shape index (κ3) is 5.58. The predicted octanol–water partition coefficient (Wildman–Crippen LogP) is 6.04. The summed E-state index contributed by atoms with van der Waals surface area (Å²) >= 11 is 1.64. The molecular weight excluding hydrogens is 451 g/mol. The van der Waals surface area contributed by atoms with Crippen LogP contribution in [0, 0.1) is 5.82 Å². The van der Waals surface area contributed by atoms with Gasteiger partial charge in [0.15, 0.2) is 0 Å². The van der Waals surface area contributed by atoms with E-state index in [0.29, 0.717) is 11.4 Å². The molecule has 34 heavy (non-hydrogen) atoms. The predicted molar refractivity (Wildman–Crippen MR) is 133 cm³/mol. The monoisotopic (exact) mass is 476 g/mol. The van der Waals surface area contributed by atoms with Gasteiger partial charge in [0.25, 0.3) is 0 Å². The zero-order valence-corrected chi connectivity index (χ0v) is 20.0. The van der Waals surface area contributed by atoms with Gasteiger partial charge in [0.1, 0.15) is 17.7 Å². The third-order valence-corrected chi connectivity index (χ3v) is 6.23. The molecule has 1 atom stereocenters. The first-order valence-corrected chi connectivity index (χ1v) is 11.8. The molecule has 0 saturated heterocycles. The van der Waals surface area contributed by atoms with Crippen molar-refractivity contribution in [1.82, 2.24) is 14.8 Å². The number of anilines is 1. The van der Waals surface area contributed by atoms with E-state index in [9.17, 15) is 9.18 Å². The van der Waals surface area contributed by atoms with Gasteiger partial charge in [0, 0.05) is 35.3 Å². The summed E-state index contributed by atoms with van der Waals surface area (Å²) in [6, 6.07) is 13.4. The highest BCUT2D eigenvalue weighted by atomic mass is 32.1. The van der Waals surface area contributed by atoms with Crippen LogP contribution in [0.2, 0.25) is 0 Å². The van der Waals surface area contributed by atoms with Crippen LogP contribution >= 0.6 is 11.3 Å². The maximum Gasteiger partial charge on any atom is 0.248 e. The highest BCUT2D eigenvalue weighted by molar-refractivity contribution is 7.09. The van der Waals surface area contributed by atoms with E-state index in [4.69, 9.17) is 4.74 Å². The van der Waals surface area contributed by atoms with Crippen LogP contribution in [0.4, 0.5) is 10.1 Å². The number of thiazole rings is 1. The Morgan fingerprint density at radius 1 is 1.21 bits per heavy atom. The minimum Gasteiger partial charge on any atom is -0.484 e. The number of aromatic nitrogens is 3. The minimum atomic E-state index is -0.304. The molecule has 174 valence electrons. The molecule has 0 aliphatic carbocycles. The van der Waals surface area contributed by atoms with E-state index in [0.717, 1.165) is 33.9 Å². The van der Waals surface area contributed by atoms with Crippen LogP contribution in [-0.4, -0.2) is 20.7 Å². The van der Waals surface area contributed by atoms with Crippen molar-refractivity contribution in [1.29, 1.82) is 0 Å². The van der Waals surface area contributed by atoms with Gasteiger partial charge in [-0.2, -0.15) is 5.10 Å². The summed E-state index contributed by atoms with van der Waals surface area (Å²) in [4.78, 5) is 17.0. The van der Waals surface area contributed by atoms with Crippen LogP contribution in [0.5, 0.6) is 5.75 Å². The lowest BCUT2D eigenvalue weighted by Crippen LogP contribution is -2.08. The van der Waals surface area contributed by atoms with Gasteiger partial charge >= 0.3 is 0 Å². The van der Waals surface area contributed by atoms with Gasteiger partial charge in [-0.25, -0.2) is 9.37 Å². The molecule has 4 rings (SSSR count). The quantitative estimate of drug-likeness (QED) is 0.315. The SMILES string of the molecule is CCc1nc(C(C)Oc2ccc(NC(=O)C=Cc3cnn(C)c3-c3ccc(F)cc3)cc2)cs1. The molecule has 2 aromatic carbocycles. The van der Waals surface area contributed by atoms with Gasteiger partial charge in [0.2, 0.25) is 5.91 Å². The van der Waals surface area contributed by atoms with E-state index in [-0.39, 0.29) is 17.8 Å². The number of ether oxygens (including phenoxy) is 1. The van der Waals surface area contributed by atoms with Crippen LogP contribution in [-0.2, 0) is 18.3 Å². The number of hydrogen-bond acceptors (Lipinski definition) is 5. The fourth-order valence-electron chi connectivity index (χ4n) is 3.44. The number of nitrogens with zero attached hydrogens (tertiary/aromatic N) is 3. The Hall–Kier alpha value is -3.78. The smallest absolute Gasteiger partial charge is 0.248 e. The van der Waals surface area contributed by atoms with E-state index in [1.807, 2.05) is 24.4 Å². The Morgan fingerprint density at radius 2 is 1.94 bits per heavy atom. The maximum absolute atomic E-state index is 13.3. The number of carbonyl (C=O) groups is 1. The van der Waals surface area contributed by atoms with Crippen molar-refractivity contribution in [3.8, 4) is 17.0 Å². The van der Waals surface area contributed by atoms with Crippen LogP contribution in [0.3, 0.4) is 0 Å². The summed E-state index contributed by atoms with van der Waals surface area (Å²) in [5, 5.41) is 10.2. The number of hydrogen-bond donors (Lipinski definition) is 1. The Kier molecular flexibility index (Phi) is 7.18. The molecule has 0 radical (unpaired) electrons. The molecule has 0 spiro atoms. The van der Waals surface area contributed by atoms with Crippen molar-refractivity contribution in [2.45, 2.75) is 26.4 Å². The lowest BCUT2D eigenvalue weighted by molar-refractivity contribution is -0.111. The molecule has 6 nitrogen and oxygen atoms in total. The topological polar surface area (TPSA) is 69.0 Å². The van der Waals surface area contributed by atoms with Crippen molar-refractivity contribution in [3.63, 3.8) is 0 Å². The second-order valence-corrected chi connectivity index (χ2v) is 8.65. The number of halogens is 1. The van der Waals surface area contributed by atoms with E-state index < -0.39 is 0 Å². The normalized spacial score (nSPS) is 12.1. The maximum atomic E-state index is 13.3. The van der Waals surface area contributed by atoms with Gasteiger partial charge < -0.3 is 10.1 Å². The first-order valence-electron chi connectivity index (χ1n) is 10.9. The Labute approximate surface area is 201 Å². The minimum absolute atomic E-state index is 0.158. The molecule has 4 aromatic rings. The molecular formula is C26H25FN4O2S. The fraction of sp³-hybridized carbons (Fsp3) is 0.192. The summed E-state index contributed by atoms with van der Waals surface area (Å²) in [6.07, 6.45) is 5.56. The van der Waals surface area contributed by atoms with Crippen molar-refractivity contribution in [3.05, 3.63) is 88.3 Å². The molecule has 0 bridgehead atoms. The molecule has 0 aliphatic rings. The van der Waals surface area contributed by atoms with Crippen molar-refractivity contribution in [2.75, 3.05) is 5.32 Å². The summed E-state index contributed by atoms with van der Waals surface area (Å²) in [5.41, 5.74) is 3.94. The van der Waals surface area contributed by atoms with Crippen molar-refractivity contribution < 1.29 is 13.9 Å². The number of nitrogens with one attached hydrogen (secondary N) is 1. The zero-order chi connectivity index (χ0) is 24.1. The molecule has 0 saturated carbocycles. The summed E-state index contributed by atoms with van der Waals surface area (Å²) in [5.74, 6) is 0.124. The Bertz CT molecular complexity index is 1290. The summed E-state index contributed by atoms with van der Waals surface area (Å²) < 4.78 is 20.9. The largest absolute Gasteiger partial charge is 0.484 e. The average Bonchev–Trinajstić information content (AvgIpc) is 3.46. The van der Waals surface area contributed by atoms with Gasteiger partial charge in [-0.1, -0.05) is 6.92 Å². The molecule has 2 aromatic heterocycles. The molecule has 1 unspecified atom stereocenters. The molecule has 1 amide bonds. The Morgan fingerprint density at radius 3 is 2.62 bits per heavy atom. The van der Waals surface area contributed by atoms with Crippen LogP contribution < -0.4 is 10.1 Å². The van der Waals surface area contributed by atoms with Crippen LogP contribution in [0.25, 0.3) is 17.3 Å². The van der Waals surface area contributed by atoms with E-state index >= 15 is 0 Å². The molecule has 2 heterocycles. The first-order chi connectivity index (χ1) is 16.4. The first kappa shape index (κ1) is 23.4. The Balaban J connectivity index is 1.38. The highest BCUT2D eigenvalue weighted by Crippen LogP contribution is 2.26. The zero-order valence-electron chi connectivity index (χ0n) is 19.2. The molecule has 0 fully saturated rings. The van der Waals surface area contributed by atoms with Gasteiger partial charge in [-0.3, -0.25) is 9.48 Å². The standard InChI is InChI=1S/C26H25FN4O2S/c1-4-25-30-23(16-34-25)17(2)33-22-12-10-21(11-13-22)29-24(32)14-7-19-15-28-31(3)26(19)18-5-8-20(27)9-6-18/h5-17H,4H2,1-3H3,(H,29,32). The molecule has 1 N–H and O–H groups in total. The lowest BCUT2D eigenvalue weighted by atomic mass is 10.1. The van der Waals surface area contributed by atoms with Gasteiger partial charge in [-0.05, 0) is 68.0 Å². The molecule has 0 aliphatic heterocycles.